The average Bonchev–Trinajstić information content (AvgIpc) is 2.68. The Hall–Kier alpha value is -1.86. The van der Waals surface area contributed by atoms with E-state index in [4.69, 9.17) is 5.26 Å². The fraction of sp³-hybridized carbons (Fsp3) is 0.385. The number of nitrogens with zero attached hydrogens (tertiary/aromatic N) is 2. The Balaban J connectivity index is 1.90. The summed E-state index contributed by atoms with van der Waals surface area (Å²) in [6.07, 6.45) is 0.867. The highest BCUT2D eigenvalue weighted by atomic mass is 16.2. The van der Waals surface area contributed by atoms with Gasteiger partial charge in [0.25, 0.3) is 0 Å². The molecule has 0 bridgehead atoms. The smallest absolute Gasteiger partial charge is 0.239 e. The maximum atomic E-state index is 11.6. The van der Waals surface area contributed by atoms with Crippen LogP contribution in [0.25, 0.3) is 0 Å². The third-order valence-electron chi connectivity index (χ3n) is 3.06. The third kappa shape index (κ3) is 2.63. The Morgan fingerprint density at radius 3 is 2.71 bits per heavy atom. The van der Waals surface area contributed by atoms with Gasteiger partial charge in [-0.2, -0.15) is 5.26 Å². The van der Waals surface area contributed by atoms with Gasteiger partial charge in [-0.05, 0) is 24.1 Å². The van der Waals surface area contributed by atoms with Crippen molar-refractivity contribution in [2.24, 2.45) is 0 Å². The largest absolute Gasteiger partial charge is 0.344 e. The molecule has 2 rings (SSSR count). The molecule has 1 amide bonds. The normalized spacial score (nSPS) is 19.4. The second kappa shape index (κ2) is 4.98. The lowest BCUT2D eigenvalue weighted by molar-refractivity contribution is -0.128. The summed E-state index contributed by atoms with van der Waals surface area (Å²) >= 11 is 0. The third-order valence-corrected chi connectivity index (χ3v) is 3.06. The zero-order valence-corrected chi connectivity index (χ0v) is 9.81. The summed E-state index contributed by atoms with van der Waals surface area (Å²) in [6.45, 7) is 1.49. The van der Waals surface area contributed by atoms with Gasteiger partial charge < -0.3 is 10.2 Å². The van der Waals surface area contributed by atoms with Gasteiger partial charge in [-0.25, -0.2) is 0 Å². The number of benzene rings is 1. The Morgan fingerprint density at radius 1 is 1.47 bits per heavy atom. The van der Waals surface area contributed by atoms with Gasteiger partial charge >= 0.3 is 0 Å². The number of rotatable bonds is 3. The summed E-state index contributed by atoms with van der Waals surface area (Å²) in [5.74, 6) is 0.165. The molecule has 0 aliphatic carbocycles. The molecule has 4 heteroatoms. The Morgan fingerprint density at radius 2 is 2.18 bits per heavy atom. The molecule has 88 valence electrons. The van der Waals surface area contributed by atoms with Crippen LogP contribution >= 0.6 is 0 Å². The molecule has 1 saturated heterocycles. The van der Waals surface area contributed by atoms with Crippen LogP contribution in [0.3, 0.4) is 0 Å². The van der Waals surface area contributed by atoms with Crippen molar-refractivity contribution in [3.63, 3.8) is 0 Å². The molecule has 0 spiro atoms. The summed E-state index contributed by atoms with van der Waals surface area (Å²) in [6, 6.07) is 9.43. The summed E-state index contributed by atoms with van der Waals surface area (Å²) in [5.41, 5.74) is 1.75. The van der Waals surface area contributed by atoms with Gasteiger partial charge in [0, 0.05) is 20.1 Å². The summed E-state index contributed by atoms with van der Waals surface area (Å²) < 4.78 is 0. The van der Waals surface area contributed by atoms with E-state index < -0.39 is 0 Å². The van der Waals surface area contributed by atoms with E-state index in [9.17, 15) is 4.79 Å². The molecule has 17 heavy (non-hydrogen) atoms. The predicted octanol–water partition coefficient (Wildman–Crippen LogP) is 0.879. The van der Waals surface area contributed by atoms with Gasteiger partial charge in [0.2, 0.25) is 5.91 Å². The molecule has 1 unspecified atom stereocenters. The van der Waals surface area contributed by atoms with Crippen LogP contribution in [0.15, 0.2) is 24.3 Å². The van der Waals surface area contributed by atoms with E-state index in [-0.39, 0.29) is 11.9 Å². The van der Waals surface area contributed by atoms with Gasteiger partial charge in [0.05, 0.1) is 17.7 Å². The second-order valence-corrected chi connectivity index (χ2v) is 4.29. The number of carbonyl (C=O) groups excluding carboxylic acids is 1. The van der Waals surface area contributed by atoms with Crippen LogP contribution in [-0.2, 0) is 11.3 Å². The van der Waals surface area contributed by atoms with Crippen molar-refractivity contribution in [2.45, 2.75) is 19.0 Å². The first-order chi connectivity index (χ1) is 8.20. The van der Waals surface area contributed by atoms with Crippen molar-refractivity contribution < 1.29 is 4.79 Å². The van der Waals surface area contributed by atoms with E-state index in [0.29, 0.717) is 12.1 Å². The molecule has 1 aliphatic rings. The molecule has 1 atom stereocenters. The molecule has 0 radical (unpaired) electrons. The fourth-order valence-corrected chi connectivity index (χ4v) is 1.95. The van der Waals surface area contributed by atoms with Crippen molar-refractivity contribution in [1.29, 1.82) is 5.26 Å². The highest BCUT2D eigenvalue weighted by Crippen LogP contribution is 2.10. The summed E-state index contributed by atoms with van der Waals surface area (Å²) in [7, 11) is 1.83. The molecule has 4 nitrogen and oxygen atoms in total. The molecule has 1 fully saturated rings. The van der Waals surface area contributed by atoms with E-state index in [0.717, 1.165) is 18.5 Å². The van der Waals surface area contributed by atoms with E-state index in [1.807, 2.05) is 19.2 Å². The molecule has 0 saturated carbocycles. The fourth-order valence-electron chi connectivity index (χ4n) is 1.95. The Labute approximate surface area is 101 Å². The minimum Gasteiger partial charge on any atom is -0.344 e. The number of amides is 1. The van der Waals surface area contributed by atoms with Crippen LogP contribution in [0, 0.1) is 11.3 Å². The lowest BCUT2D eigenvalue weighted by atomic mass is 10.1. The predicted molar refractivity (Wildman–Crippen MR) is 64.0 cm³/mol. The highest BCUT2D eigenvalue weighted by molar-refractivity contribution is 5.83. The van der Waals surface area contributed by atoms with Crippen LogP contribution in [0.2, 0.25) is 0 Å². The second-order valence-electron chi connectivity index (χ2n) is 4.29. The topological polar surface area (TPSA) is 56.1 Å². The first-order valence-electron chi connectivity index (χ1n) is 5.68. The van der Waals surface area contributed by atoms with E-state index in [1.165, 1.54) is 0 Å². The number of carbonyl (C=O) groups is 1. The summed E-state index contributed by atoms with van der Waals surface area (Å²) in [5, 5.41) is 11.9. The number of hydrogen-bond acceptors (Lipinski definition) is 3. The van der Waals surface area contributed by atoms with Gasteiger partial charge in [-0.15, -0.1) is 0 Å². The highest BCUT2D eigenvalue weighted by Gasteiger charge is 2.28. The van der Waals surface area contributed by atoms with E-state index in [2.05, 4.69) is 11.4 Å². The molecule has 1 aliphatic heterocycles. The van der Waals surface area contributed by atoms with Crippen molar-refractivity contribution in [2.75, 3.05) is 13.6 Å². The Kier molecular flexibility index (Phi) is 3.40. The minimum atomic E-state index is -0.0596. The monoisotopic (exact) mass is 229 g/mol. The number of likely N-dealkylation sites (N-methyl/N-ethyl adjacent to an activating group) is 1. The maximum absolute atomic E-state index is 11.6. The first kappa shape index (κ1) is 11.6. The first-order valence-corrected chi connectivity index (χ1v) is 5.68. The zero-order valence-electron chi connectivity index (χ0n) is 9.81. The number of likely N-dealkylation sites (tertiary alicyclic amines) is 1. The van der Waals surface area contributed by atoms with E-state index >= 15 is 0 Å². The molecular weight excluding hydrogens is 214 g/mol. The maximum Gasteiger partial charge on any atom is 0.239 e. The van der Waals surface area contributed by atoms with Crippen LogP contribution in [-0.4, -0.2) is 30.4 Å². The number of hydrogen-bond donors (Lipinski definition) is 1. The minimum absolute atomic E-state index is 0.0596. The van der Waals surface area contributed by atoms with Crippen LogP contribution in [0.1, 0.15) is 17.5 Å². The van der Waals surface area contributed by atoms with Gasteiger partial charge in [-0.3, -0.25) is 4.79 Å². The van der Waals surface area contributed by atoms with Gasteiger partial charge in [-0.1, -0.05) is 12.1 Å². The van der Waals surface area contributed by atoms with Gasteiger partial charge in [0.15, 0.2) is 0 Å². The van der Waals surface area contributed by atoms with Crippen molar-refractivity contribution in [3.8, 4) is 6.07 Å². The lowest BCUT2D eigenvalue weighted by Crippen LogP contribution is -2.36. The number of nitrogens with one attached hydrogen (secondary N) is 1. The molecule has 1 aromatic carbocycles. The lowest BCUT2D eigenvalue weighted by Gasteiger charge is -2.12. The quantitative estimate of drug-likeness (QED) is 0.837. The van der Waals surface area contributed by atoms with Crippen LogP contribution < -0.4 is 5.32 Å². The molecule has 1 aromatic rings. The molecule has 1 heterocycles. The molecule has 1 N–H and O–H groups in total. The number of nitriles is 1. The average molecular weight is 229 g/mol. The Bertz CT molecular complexity index is 447. The molecular formula is C13H15N3O. The van der Waals surface area contributed by atoms with Gasteiger partial charge in [0.1, 0.15) is 0 Å². The van der Waals surface area contributed by atoms with Crippen LogP contribution in [0.4, 0.5) is 0 Å². The van der Waals surface area contributed by atoms with E-state index in [1.54, 1.807) is 17.0 Å². The van der Waals surface area contributed by atoms with Crippen molar-refractivity contribution in [3.05, 3.63) is 35.4 Å². The standard InChI is InChI=1S/C13H15N3O/c1-16-7-6-12(13(16)17)15-9-11-4-2-10(8-14)3-5-11/h2-5,12,15H,6-7,9H2,1H3. The van der Waals surface area contributed by atoms with Crippen molar-refractivity contribution in [1.82, 2.24) is 10.2 Å². The zero-order chi connectivity index (χ0) is 12.3. The molecule has 0 aromatic heterocycles. The van der Waals surface area contributed by atoms with Crippen molar-refractivity contribution >= 4 is 5.91 Å². The summed E-state index contributed by atoms with van der Waals surface area (Å²) in [4.78, 5) is 13.4. The SMILES string of the molecule is CN1CCC(NCc2ccc(C#N)cc2)C1=O. The van der Waals surface area contributed by atoms with Crippen LogP contribution in [0.5, 0.6) is 0 Å².